The number of hydrogen-bond acceptors (Lipinski definition) is 27. The molecule has 552 valence electrons. The molecular formula is C75H76Cl2O27. The van der Waals surface area contributed by atoms with Gasteiger partial charge in [-0.3, -0.25) is 9.68 Å². The van der Waals surface area contributed by atoms with Gasteiger partial charge in [0.15, 0.2) is 24.4 Å². The lowest BCUT2D eigenvalue weighted by atomic mass is 10.1. The topological polar surface area (TPSA) is 336 Å². The first-order valence-corrected chi connectivity index (χ1v) is 33.6. The van der Waals surface area contributed by atoms with Gasteiger partial charge in [-0.2, -0.15) is 5.26 Å². The molecule has 8 saturated heterocycles. The SMILES string of the molecule is C=CCOc1ccc(C(=O)Cl)cc1.C=CCOc1ccc(C(=O)OC2COC3C(OC(=O)c4ccc(OCC=C)cc4)COC23)cc1.O=C(OC1COC2C(OC(=O)c3ccc(OCC4CO4)cc3)COC12)c1ccc(OCC2CO2)cc1.O=C(OO)c1cccc(Cl)c1.OC1COC2C(O)COC12. The molecule has 8 heterocycles. The molecule has 14 atom stereocenters. The lowest BCUT2D eigenvalue weighted by Gasteiger charge is -2.17. The first-order chi connectivity index (χ1) is 50.5. The second-order valence-corrected chi connectivity index (χ2v) is 24.6. The number of epoxide rings is 2. The van der Waals surface area contributed by atoms with Crippen LogP contribution in [0.5, 0.6) is 28.7 Å². The van der Waals surface area contributed by atoms with Crippen molar-refractivity contribution in [2.45, 2.75) is 85.5 Å². The molecule has 6 aromatic carbocycles. The number of carbonyl (C=O) groups is 6. The summed E-state index contributed by atoms with van der Waals surface area (Å²) < 4.78 is 93.2. The van der Waals surface area contributed by atoms with Gasteiger partial charge < -0.3 is 90.7 Å². The summed E-state index contributed by atoms with van der Waals surface area (Å²) in [5, 5.41) is 26.3. The number of carbonyl (C=O) groups excluding carboxylic acids is 6. The van der Waals surface area contributed by atoms with Crippen LogP contribution in [0.2, 0.25) is 5.02 Å². The molecule has 0 bridgehead atoms. The Kier molecular flexibility index (Phi) is 28.6. The van der Waals surface area contributed by atoms with Crippen molar-refractivity contribution >= 4 is 58.3 Å². The highest BCUT2D eigenvalue weighted by Crippen LogP contribution is 2.34. The van der Waals surface area contributed by atoms with Crippen molar-refractivity contribution in [1.82, 2.24) is 0 Å². The first-order valence-electron chi connectivity index (χ1n) is 32.9. The maximum Gasteiger partial charge on any atom is 0.372 e. The van der Waals surface area contributed by atoms with Crippen LogP contribution >= 0.6 is 23.2 Å². The third-order valence-corrected chi connectivity index (χ3v) is 16.8. The van der Waals surface area contributed by atoms with Crippen LogP contribution in [-0.4, -0.2) is 222 Å². The van der Waals surface area contributed by atoms with Gasteiger partial charge >= 0.3 is 29.8 Å². The predicted octanol–water partition coefficient (Wildman–Crippen LogP) is 8.26. The molecule has 0 aromatic heterocycles. The van der Waals surface area contributed by atoms with Gasteiger partial charge in [-0.25, -0.2) is 24.0 Å². The molecule has 0 aliphatic carbocycles. The molecule has 104 heavy (non-hydrogen) atoms. The standard InChI is InChI=1S/C26H26O10.C26H26O8.C10H9ClO2.C7H5ClO3.C6H10O4/c27-25(15-1-5-17(6-2-15)29-9-19-11-31-19)35-21-13-33-24-22(14-34-23(21)24)36-26(28)16-3-7-18(8-4-16)30-10-20-12-32-20;1-3-13-29-19-9-5-17(6-10-19)25(27)33-21-15-31-24-22(16-32-23(21)24)34-26(28)18-7-11-20(12-8-18)30-14-4-2;1-2-7-13-9-5-3-8(4-6-9)10(11)12;8-6-3-1-2-5(4-6)7(9)11-10;7-3-1-9-6-4(8)2-10-5(3)6/h1-8,19-24H,9-14H2;3-12,21-24H,1-2,13-16H2;2-6H,1,7H2;1-4,10H;3-8H,1-2H2. The minimum atomic E-state index is -0.813. The first kappa shape index (κ1) is 77.3. The van der Waals surface area contributed by atoms with Crippen molar-refractivity contribution in [1.29, 1.82) is 0 Å². The van der Waals surface area contributed by atoms with Crippen molar-refractivity contribution < 1.29 is 130 Å². The molecule has 0 radical (unpaired) electrons. The van der Waals surface area contributed by atoms with E-state index < -0.39 is 96.1 Å². The highest BCUT2D eigenvalue weighted by Gasteiger charge is 2.53. The number of fused-ring (bicyclic) bond motifs is 3. The fourth-order valence-corrected chi connectivity index (χ4v) is 11.1. The van der Waals surface area contributed by atoms with Gasteiger partial charge in [0, 0.05) is 10.6 Å². The van der Waals surface area contributed by atoms with Crippen molar-refractivity contribution in [2.24, 2.45) is 0 Å². The van der Waals surface area contributed by atoms with E-state index in [1.165, 1.54) is 12.1 Å². The van der Waals surface area contributed by atoms with E-state index in [9.17, 15) is 28.8 Å². The molecule has 6 aromatic rings. The fraction of sp³-hybridized carbons (Fsp3) is 0.360. The third kappa shape index (κ3) is 22.4. The molecule has 8 fully saturated rings. The Balaban J connectivity index is 0.000000155. The van der Waals surface area contributed by atoms with E-state index in [1.807, 2.05) is 0 Å². The molecule has 29 heteroatoms. The summed E-state index contributed by atoms with van der Waals surface area (Å²) in [5.41, 5.74) is 2.25. The Morgan fingerprint density at radius 1 is 0.375 bits per heavy atom. The summed E-state index contributed by atoms with van der Waals surface area (Å²) in [7, 11) is 0. The Morgan fingerprint density at radius 2 is 0.663 bits per heavy atom. The molecule has 14 rings (SSSR count). The molecule has 3 N–H and O–H groups in total. The minimum absolute atomic E-state index is 0.158. The lowest BCUT2D eigenvalue weighted by Crippen LogP contribution is -2.36. The second-order valence-electron chi connectivity index (χ2n) is 23.8. The average molecular weight is 1480 g/mol. The highest BCUT2D eigenvalue weighted by atomic mass is 35.5. The number of ether oxygens (including phenoxy) is 17. The van der Waals surface area contributed by atoms with Crippen molar-refractivity contribution in [3.05, 3.63) is 222 Å². The van der Waals surface area contributed by atoms with Crippen molar-refractivity contribution in [2.75, 3.05) is 85.9 Å². The van der Waals surface area contributed by atoms with Crippen LogP contribution in [0, 0.1) is 0 Å². The quantitative estimate of drug-likeness (QED) is 0.00923. The van der Waals surface area contributed by atoms with E-state index in [4.69, 9.17) is 119 Å². The van der Waals surface area contributed by atoms with Crippen molar-refractivity contribution in [3.8, 4) is 28.7 Å². The van der Waals surface area contributed by atoms with E-state index in [2.05, 4.69) is 24.6 Å². The van der Waals surface area contributed by atoms with Crippen LogP contribution < -0.4 is 23.7 Å². The van der Waals surface area contributed by atoms with E-state index in [0.29, 0.717) is 94.6 Å². The molecule has 8 aliphatic rings. The Bertz CT molecular complexity index is 3650. The zero-order valence-corrected chi connectivity index (χ0v) is 57.4. The Hall–Kier alpha value is -9.30. The Labute approximate surface area is 607 Å². The van der Waals surface area contributed by atoms with Crippen LogP contribution in [0.1, 0.15) is 62.1 Å². The zero-order valence-electron chi connectivity index (χ0n) is 55.9. The lowest BCUT2D eigenvalue weighted by molar-refractivity contribution is -0.182. The normalized spacial score (nSPS) is 25.1. The number of halogens is 2. The smallest absolute Gasteiger partial charge is 0.372 e. The van der Waals surface area contributed by atoms with Gasteiger partial charge in [0.1, 0.15) is 123 Å². The number of aliphatic hydroxyl groups is 2. The van der Waals surface area contributed by atoms with Crippen LogP contribution in [0.25, 0.3) is 0 Å². The van der Waals surface area contributed by atoms with Crippen LogP contribution in [0.15, 0.2) is 184 Å². The summed E-state index contributed by atoms with van der Waals surface area (Å²) in [4.78, 5) is 75.2. The molecule has 0 saturated carbocycles. The van der Waals surface area contributed by atoms with Gasteiger partial charge in [-0.05, 0) is 151 Å². The summed E-state index contributed by atoms with van der Waals surface area (Å²) in [6.45, 7) is 15.6. The Morgan fingerprint density at radius 3 is 0.933 bits per heavy atom. The van der Waals surface area contributed by atoms with E-state index in [-0.39, 0.29) is 69.6 Å². The van der Waals surface area contributed by atoms with Gasteiger partial charge in [0.25, 0.3) is 5.24 Å². The van der Waals surface area contributed by atoms with Gasteiger partial charge in [-0.15, -0.1) is 0 Å². The summed E-state index contributed by atoms with van der Waals surface area (Å²) in [6, 6.07) is 39.4. The number of benzene rings is 6. The van der Waals surface area contributed by atoms with Gasteiger partial charge in [0.05, 0.1) is 80.7 Å². The maximum absolute atomic E-state index is 12.6. The molecule has 0 spiro atoms. The summed E-state index contributed by atoms with van der Waals surface area (Å²) >= 11 is 10.8. The van der Waals surface area contributed by atoms with Crippen LogP contribution in [0.3, 0.4) is 0 Å². The van der Waals surface area contributed by atoms with Crippen LogP contribution in [0.4, 0.5) is 0 Å². The van der Waals surface area contributed by atoms with Gasteiger partial charge in [-0.1, -0.05) is 55.6 Å². The molecule has 0 amide bonds. The van der Waals surface area contributed by atoms with Crippen LogP contribution in [-0.2, 0) is 61.7 Å². The molecule has 27 nitrogen and oxygen atoms in total. The maximum atomic E-state index is 12.6. The largest absolute Gasteiger partial charge is 0.491 e. The summed E-state index contributed by atoms with van der Waals surface area (Å²) in [6.07, 6.45) is -0.864. The number of hydrogen-bond donors (Lipinski definition) is 3. The number of aliphatic hydroxyl groups excluding tert-OH is 2. The summed E-state index contributed by atoms with van der Waals surface area (Å²) in [5.74, 6) is 0.498. The minimum Gasteiger partial charge on any atom is -0.491 e. The molecular weight excluding hydrogens is 1400 g/mol. The number of esters is 4. The van der Waals surface area contributed by atoms with E-state index >= 15 is 0 Å². The monoisotopic (exact) mass is 1480 g/mol. The third-order valence-electron chi connectivity index (χ3n) is 16.3. The highest BCUT2D eigenvalue weighted by molar-refractivity contribution is 6.67. The van der Waals surface area contributed by atoms with Gasteiger partial charge in [0.2, 0.25) is 0 Å². The average Bonchev–Trinajstić information content (AvgIpc) is 1.64. The van der Waals surface area contributed by atoms with E-state index in [1.54, 1.807) is 152 Å². The zero-order chi connectivity index (χ0) is 73.5. The molecule has 14 unspecified atom stereocenters. The van der Waals surface area contributed by atoms with E-state index in [0.717, 1.165) is 13.2 Å². The molecule has 8 aliphatic heterocycles. The predicted molar refractivity (Wildman–Crippen MR) is 367 cm³/mol. The number of rotatable bonds is 25. The fourth-order valence-electron chi connectivity index (χ4n) is 10.8. The van der Waals surface area contributed by atoms with Crippen molar-refractivity contribution in [3.63, 3.8) is 0 Å². The second kappa shape index (κ2) is 38.5.